The molecule has 4 rings (SSSR count). The van der Waals surface area contributed by atoms with Gasteiger partial charge in [0.25, 0.3) is 0 Å². The van der Waals surface area contributed by atoms with Gasteiger partial charge in [0.05, 0.1) is 12.8 Å². The Bertz CT molecular complexity index is 1010. The molecule has 1 aromatic carbocycles. The van der Waals surface area contributed by atoms with Crippen molar-refractivity contribution in [2.75, 3.05) is 12.4 Å². The van der Waals surface area contributed by atoms with Gasteiger partial charge < -0.3 is 10.1 Å². The second-order valence-electron chi connectivity index (χ2n) is 7.32. The number of nitrogens with zero attached hydrogens (tertiary/aromatic N) is 4. The molecule has 7 nitrogen and oxygen atoms in total. The second kappa shape index (κ2) is 7.07. The quantitative estimate of drug-likeness (QED) is 0.751. The molecule has 0 aliphatic carbocycles. The van der Waals surface area contributed by atoms with Gasteiger partial charge >= 0.3 is 0 Å². The van der Waals surface area contributed by atoms with E-state index in [9.17, 15) is 4.79 Å². The first-order chi connectivity index (χ1) is 13.5. The third kappa shape index (κ3) is 3.13. The van der Waals surface area contributed by atoms with Gasteiger partial charge in [-0.2, -0.15) is 9.78 Å². The summed E-state index contributed by atoms with van der Waals surface area (Å²) in [5.41, 5.74) is 4.29. The van der Waals surface area contributed by atoms with Crippen LogP contribution in [0.5, 0.6) is 5.88 Å². The van der Waals surface area contributed by atoms with Crippen LogP contribution in [0, 0.1) is 6.92 Å². The SMILES string of the molecule is COc1ccc(-n2nc(C)c3c2NC(=O)C[C@@H]3c2ccc(C(C)C)cc2)nn1. The first-order valence-corrected chi connectivity index (χ1v) is 9.35. The highest BCUT2D eigenvalue weighted by Crippen LogP contribution is 2.40. The number of amides is 1. The Morgan fingerprint density at radius 1 is 1.14 bits per heavy atom. The summed E-state index contributed by atoms with van der Waals surface area (Å²) in [4.78, 5) is 12.5. The van der Waals surface area contributed by atoms with Crippen molar-refractivity contribution >= 4 is 11.7 Å². The highest BCUT2D eigenvalue weighted by molar-refractivity contribution is 5.95. The maximum atomic E-state index is 12.5. The van der Waals surface area contributed by atoms with Gasteiger partial charge in [-0.1, -0.05) is 38.1 Å². The number of aromatic nitrogens is 4. The molecule has 0 fully saturated rings. The molecule has 2 aromatic heterocycles. The third-order valence-electron chi connectivity index (χ3n) is 5.16. The summed E-state index contributed by atoms with van der Waals surface area (Å²) < 4.78 is 6.71. The van der Waals surface area contributed by atoms with E-state index in [0.29, 0.717) is 29.9 Å². The molecule has 1 aliphatic rings. The fourth-order valence-corrected chi connectivity index (χ4v) is 3.65. The van der Waals surface area contributed by atoms with E-state index in [1.807, 2.05) is 6.92 Å². The van der Waals surface area contributed by atoms with Crippen LogP contribution in [-0.4, -0.2) is 33.0 Å². The van der Waals surface area contributed by atoms with Crippen LogP contribution in [0.3, 0.4) is 0 Å². The van der Waals surface area contributed by atoms with Gasteiger partial charge in [-0.3, -0.25) is 4.79 Å². The van der Waals surface area contributed by atoms with E-state index < -0.39 is 0 Å². The number of methoxy groups -OCH3 is 1. The summed E-state index contributed by atoms with van der Waals surface area (Å²) in [7, 11) is 1.54. The monoisotopic (exact) mass is 377 g/mol. The zero-order chi connectivity index (χ0) is 19.8. The molecule has 1 atom stereocenters. The van der Waals surface area contributed by atoms with Crippen LogP contribution >= 0.6 is 0 Å². The molecule has 1 aliphatic heterocycles. The number of ether oxygens (including phenoxy) is 1. The smallest absolute Gasteiger partial charge is 0.233 e. The molecular formula is C21H23N5O2. The number of carbonyl (C=O) groups is 1. The number of nitrogens with one attached hydrogen (secondary N) is 1. The van der Waals surface area contributed by atoms with E-state index in [4.69, 9.17) is 4.74 Å². The van der Waals surface area contributed by atoms with E-state index in [0.717, 1.165) is 16.8 Å². The van der Waals surface area contributed by atoms with E-state index in [1.165, 1.54) is 5.56 Å². The van der Waals surface area contributed by atoms with Crippen LogP contribution in [-0.2, 0) is 4.79 Å². The van der Waals surface area contributed by atoms with Crippen LogP contribution in [0.2, 0.25) is 0 Å². The molecule has 0 spiro atoms. The van der Waals surface area contributed by atoms with Gasteiger partial charge in [0.15, 0.2) is 5.82 Å². The average Bonchev–Trinajstić information content (AvgIpc) is 3.03. The number of rotatable bonds is 4. The molecular weight excluding hydrogens is 354 g/mol. The van der Waals surface area contributed by atoms with Gasteiger partial charge in [-0.15, -0.1) is 10.2 Å². The number of anilines is 1. The zero-order valence-corrected chi connectivity index (χ0v) is 16.4. The van der Waals surface area contributed by atoms with Crippen molar-refractivity contribution < 1.29 is 9.53 Å². The number of fused-ring (bicyclic) bond motifs is 1. The summed E-state index contributed by atoms with van der Waals surface area (Å²) in [5.74, 6) is 2.01. The number of benzene rings is 1. The number of hydrogen-bond acceptors (Lipinski definition) is 5. The minimum Gasteiger partial charge on any atom is -0.480 e. The Morgan fingerprint density at radius 2 is 1.89 bits per heavy atom. The van der Waals surface area contributed by atoms with Gasteiger partial charge in [0, 0.05) is 24.0 Å². The highest BCUT2D eigenvalue weighted by Gasteiger charge is 2.33. The molecule has 0 saturated heterocycles. The number of hydrogen-bond donors (Lipinski definition) is 1. The summed E-state index contributed by atoms with van der Waals surface area (Å²) in [6.07, 6.45) is 0.398. The summed E-state index contributed by atoms with van der Waals surface area (Å²) in [6.45, 7) is 6.30. The standard InChI is InChI=1S/C21H23N5O2/c1-12(2)14-5-7-15(8-6-14)16-11-18(27)22-21-20(16)13(3)25-26(21)17-9-10-19(28-4)24-23-17/h5-10,12,16H,11H2,1-4H3,(H,22,27)/t16-/m1/s1. The summed E-state index contributed by atoms with van der Waals surface area (Å²) in [6, 6.07) is 12.0. The molecule has 0 bridgehead atoms. The van der Waals surface area contributed by atoms with Gasteiger partial charge in [-0.05, 0) is 30.0 Å². The first-order valence-electron chi connectivity index (χ1n) is 9.35. The predicted octanol–water partition coefficient (Wildman–Crippen LogP) is 3.58. The lowest BCUT2D eigenvalue weighted by Crippen LogP contribution is -2.25. The first kappa shape index (κ1) is 18.2. The average molecular weight is 377 g/mol. The topological polar surface area (TPSA) is 81.9 Å². The Labute approximate surface area is 163 Å². The molecule has 144 valence electrons. The van der Waals surface area contributed by atoms with E-state index in [2.05, 4.69) is 58.7 Å². The van der Waals surface area contributed by atoms with Gasteiger partial charge in [0.2, 0.25) is 11.8 Å². The van der Waals surface area contributed by atoms with Crippen molar-refractivity contribution in [1.29, 1.82) is 0 Å². The zero-order valence-electron chi connectivity index (χ0n) is 16.4. The van der Waals surface area contributed by atoms with Crippen molar-refractivity contribution in [3.05, 3.63) is 58.8 Å². The molecule has 28 heavy (non-hydrogen) atoms. The van der Waals surface area contributed by atoms with Crippen molar-refractivity contribution in [2.45, 2.75) is 39.0 Å². The lowest BCUT2D eigenvalue weighted by Gasteiger charge is -2.24. The van der Waals surface area contributed by atoms with Gasteiger partial charge in [-0.25, -0.2) is 0 Å². The third-order valence-corrected chi connectivity index (χ3v) is 5.16. The van der Waals surface area contributed by atoms with Gasteiger partial charge in [0.1, 0.15) is 5.82 Å². The summed E-state index contributed by atoms with van der Waals surface area (Å²) in [5, 5.41) is 15.8. The molecule has 3 aromatic rings. The van der Waals surface area contributed by atoms with E-state index in [1.54, 1.807) is 23.9 Å². The molecule has 0 radical (unpaired) electrons. The lowest BCUT2D eigenvalue weighted by atomic mass is 9.85. The van der Waals surface area contributed by atoms with Crippen molar-refractivity contribution in [3.8, 4) is 11.7 Å². The fraction of sp³-hybridized carbons (Fsp3) is 0.333. The maximum absolute atomic E-state index is 12.5. The van der Waals surface area contributed by atoms with Crippen LogP contribution in [0.25, 0.3) is 5.82 Å². The molecule has 3 heterocycles. The maximum Gasteiger partial charge on any atom is 0.233 e. The number of carbonyl (C=O) groups excluding carboxylic acids is 1. The van der Waals surface area contributed by atoms with Crippen LogP contribution < -0.4 is 10.1 Å². The number of aryl methyl sites for hydroxylation is 1. The van der Waals surface area contributed by atoms with E-state index in [-0.39, 0.29) is 11.8 Å². The molecule has 1 N–H and O–H groups in total. The molecule has 7 heteroatoms. The van der Waals surface area contributed by atoms with Crippen molar-refractivity contribution in [2.24, 2.45) is 0 Å². The Balaban J connectivity index is 1.78. The second-order valence-corrected chi connectivity index (χ2v) is 7.32. The lowest BCUT2D eigenvalue weighted by molar-refractivity contribution is -0.116. The minimum atomic E-state index is -0.0371. The van der Waals surface area contributed by atoms with Crippen molar-refractivity contribution in [3.63, 3.8) is 0 Å². The van der Waals surface area contributed by atoms with Crippen molar-refractivity contribution in [1.82, 2.24) is 20.0 Å². The largest absolute Gasteiger partial charge is 0.480 e. The molecule has 0 unspecified atom stereocenters. The molecule has 1 amide bonds. The fourth-order valence-electron chi connectivity index (χ4n) is 3.65. The normalized spacial score (nSPS) is 16.0. The van der Waals surface area contributed by atoms with Crippen LogP contribution in [0.4, 0.5) is 5.82 Å². The Kier molecular flexibility index (Phi) is 4.58. The minimum absolute atomic E-state index is 0.0342. The molecule has 0 saturated carbocycles. The highest BCUT2D eigenvalue weighted by atomic mass is 16.5. The van der Waals surface area contributed by atoms with E-state index >= 15 is 0 Å². The Morgan fingerprint density at radius 3 is 2.50 bits per heavy atom. The Hall–Kier alpha value is -3.22. The van der Waals surface area contributed by atoms with Crippen LogP contribution in [0.15, 0.2) is 36.4 Å². The van der Waals surface area contributed by atoms with Crippen LogP contribution in [0.1, 0.15) is 54.5 Å². The predicted molar refractivity (Wildman–Crippen MR) is 106 cm³/mol. The summed E-state index contributed by atoms with van der Waals surface area (Å²) >= 11 is 0.